The fourth-order valence-corrected chi connectivity index (χ4v) is 8.72. The normalized spacial score (nSPS) is 19.4. The van der Waals surface area contributed by atoms with Gasteiger partial charge in [-0.15, -0.1) is 11.3 Å². The molecule has 0 spiro atoms. The van der Waals surface area contributed by atoms with E-state index in [1.54, 1.807) is 67.1 Å². The van der Waals surface area contributed by atoms with Crippen LogP contribution in [0.4, 0.5) is 0 Å². The van der Waals surface area contributed by atoms with Crippen LogP contribution in [0.2, 0.25) is 0 Å². The summed E-state index contributed by atoms with van der Waals surface area (Å²) in [7, 11) is 6.55. The van der Waals surface area contributed by atoms with E-state index in [-0.39, 0.29) is 42.0 Å². The number of amides is 3. The Balaban J connectivity index is 1.83. The number of Topliss-reactive ketones (excluding diaryl/α,β-unsaturated/α-hetero) is 1. The number of rotatable bonds is 21. The van der Waals surface area contributed by atoms with Crippen molar-refractivity contribution in [3.05, 3.63) is 52.5 Å². The van der Waals surface area contributed by atoms with Gasteiger partial charge >= 0.3 is 0 Å². The molecule has 12 nitrogen and oxygen atoms in total. The van der Waals surface area contributed by atoms with Gasteiger partial charge < -0.3 is 35.6 Å². The predicted molar refractivity (Wildman–Crippen MR) is 214 cm³/mol. The summed E-state index contributed by atoms with van der Waals surface area (Å²) in [5.41, 5.74) is 5.25. The van der Waals surface area contributed by atoms with E-state index in [1.807, 2.05) is 61.4 Å². The molecule has 302 valence electrons. The molecular weight excluding hydrogens is 705 g/mol. The van der Waals surface area contributed by atoms with Crippen LogP contribution in [-0.2, 0) is 35.1 Å². The molecule has 1 aliphatic heterocycles. The first-order chi connectivity index (χ1) is 25.5. The zero-order chi connectivity index (χ0) is 40.4. The van der Waals surface area contributed by atoms with E-state index >= 15 is 0 Å². The molecule has 2 heterocycles. The Labute approximate surface area is 327 Å². The Morgan fingerprint density at radius 1 is 1.09 bits per heavy atom. The zero-order valence-corrected chi connectivity index (χ0v) is 35.2. The lowest BCUT2D eigenvalue weighted by molar-refractivity contribution is -0.155. The number of ketones is 1. The van der Waals surface area contributed by atoms with E-state index in [1.165, 1.54) is 11.3 Å². The summed E-state index contributed by atoms with van der Waals surface area (Å²) in [6.45, 7) is 13.9. The Kier molecular flexibility index (Phi) is 16.8. The molecule has 1 aliphatic rings. The first-order valence-corrected chi connectivity index (χ1v) is 20.2. The van der Waals surface area contributed by atoms with E-state index < -0.39 is 46.9 Å². The van der Waals surface area contributed by atoms with Gasteiger partial charge in [-0.05, 0) is 43.7 Å². The Morgan fingerprint density at radius 2 is 1.76 bits per heavy atom. The van der Waals surface area contributed by atoms with Gasteiger partial charge in [-0.25, -0.2) is 4.98 Å². The fraction of sp³-hybridized carbons (Fsp3) is 0.683. The molecule has 0 radical (unpaired) electrons. The topological polar surface area (TPSA) is 156 Å². The minimum atomic E-state index is -1.79. The third-order valence-corrected chi connectivity index (χ3v) is 12.3. The average molecular weight is 771 g/mol. The predicted octanol–water partition coefficient (Wildman–Crippen LogP) is 4.63. The molecule has 3 amide bonds. The number of hydrogen-bond donors (Lipinski definition) is 3. The SMILES string of the molecule is CC[C@H](C)[C@@H]([C@@H](CC(=O)N1CCC[C@H]1[C@H](OC)[C@@H](C)C(=O)N[C@@H](Cc1ccccc1)c1nccs1)OC)N(C)C(=O)C(N)(C(=O)C(C)(C)CNC)C(C)C. The van der Waals surface area contributed by atoms with E-state index in [2.05, 4.69) is 15.6 Å². The molecule has 8 atom stereocenters. The van der Waals surface area contributed by atoms with Crippen LogP contribution in [0.1, 0.15) is 90.8 Å². The Morgan fingerprint density at radius 3 is 2.30 bits per heavy atom. The summed E-state index contributed by atoms with van der Waals surface area (Å²) in [5.74, 6) is -2.29. The van der Waals surface area contributed by atoms with E-state index in [4.69, 9.17) is 15.2 Å². The molecule has 0 saturated carbocycles. The minimum Gasteiger partial charge on any atom is -0.379 e. The number of benzene rings is 1. The van der Waals surface area contributed by atoms with Gasteiger partial charge in [0.2, 0.25) is 11.8 Å². The van der Waals surface area contributed by atoms with Crippen LogP contribution in [0.3, 0.4) is 0 Å². The van der Waals surface area contributed by atoms with Crippen molar-refractivity contribution in [3.8, 4) is 0 Å². The number of likely N-dealkylation sites (tertiary alicyclic amines) is 1. The first kappa shape index (κ1) is 45.2. The summed E-state index contributed by atoms with van der Waals surface area (Å²) in [6, 6.07) is 8.79. The molecule has 1 aromatic carbocycles. The number of likely N-dealkylation sites (N-methyl/N-ethyl adjacent to an activating group) is 1. The van der Waals surface area contributed by atoms with Crippen molar-refractivity contribution in [2.75, 3.05) is 41.4 Å². The van der Waals surface area contributed by atoms with Crippen molar-refractivity contribution in [2.45, 2.75) is 116 Å². The number of hydrogen-bond acceptors (Lipinski definition) is 10. The number of nitrogens with zero attached hydrogens (tertiary/aromatic N) is 3. The summed E-state index contributed by atoms with van der Waals surface area (Å²) in [5, 5.41) is 8.99. The number of nitrogens with two attached hydrogens (primary N) is 1. The minimum absolute atomic E-state index is 0.00171. The van der Waals surface area contributed by atoms with Crippen LogP contribution in [0.15, 0.2) is 41.9 Å². The highest BCUT2D eigenvalue weighted by molar-refractivity contribution is 7.09. The number of nitrogens with one attached hydrogen (secondary N) is 2. The van der Waals surface area contributed by atoms with Crippen LogP contribution < -0.4 is 16.4 Å². The van der Waals surface area contributed by atoms with Gasteiger partial charge in [0.05, 0.1) is 42.7 Å². The molecule has 0 aliphatic carbocycles. The van der Waals surface area contributed by atoms with E-state index in [9.17, 15) is 19.2 Å². The maximum absolute atomic E-state index is 14.4. The lowest BCUT2D eigenvalue weighted by atomic mass is 9.70. The molecular formula is C41H66N6O6S. The monoisotopic (exact) mass is 770 g/mol. The summed E-state index contributed by atoms with van der Waals surface area (Å²) >= 11 is 1.50. The van der Waals surface area contributed by atoms with Crippen LogP contribution in [0.5, 0.6) is 0 Å². The summed E-state index contributed by atoms with van der Waals surface area (Å²) in [4.78, 5) is 64.5. The third-order valence-electron chi connectivity index (χ3n) is 11.5. The maximum Gasteiger partial charge on any atom is 0.250 e. The summed E-state index contributed by atoms with van der Waals surface area (Å²) < 4.78 is 12.1. The molecule has 0 bridgehead atoms. The van der Waals surface area contributed by atoms with Gasteiger partial charge in [-0.3, -0.25) is 19.2 Å². The molecule has 3 rings (SSSR count). The second-order valence-electron chi connectivity index (χ2n) is 15.9. The number of carbonyl (C=O) groups is 4. The maximum atomic E-state index is 14.4. The Bertz CT molecular complexity index is 1510. The number of ether oxygens (including phenoxy) is 2. The van der Waals surface area contributed by atoms with Crippen molar-refractivity contribution in [1.29, 1.82) is 0 Å². The third kappa shape index (κ3) is 10.3. The number of carbonyl (C=O) groups excluding carboxylic acids is 4. The van der Waals surface area contributed by atoms with Crippen molar-refractivity contribution in [3.63, 3.8) is 0 Å². The number of thiazole rings is 1. The van der Waals surface area contributed by atoms with Crippen molar-refractivity contribution >= 4 is 34.8 Å². The van der Waals surface area contributed by atoms with E-state index in [0.29, 0.717) is 32.4 Å². The largest absolute Gasteiger partial charge is 0.379 e. The molecule has 1 aromatic heterocycles. The smallest absolute Gasteiger partial charge is 0.250 e. The lowest BCUT2D eigenvalue weighted by Gasteiger charge is -2.44. The van der Waals surface area contributed by atoms with E-state index in [0.717, 1.165) is 17.0 Å². The molecule has 1 unspecified atom stereocenters. The standard InChI is InChI=1S/C41H66N6O6S/c1-12-27(4)34(46(9)39(51)41(42,26(2)3)38(50)40(6,7)25-43-8)32(52-10)24-33(48)47-21-16-19-31(47)35(53-11)28(5)36(49)45-30(37-44-20-22-54-37)23-29-17-14-13-15-18-29/h13-15,17-18,20,22,26-28,30-32,34-35,43H,12,16,19,21,23-25,42H2,1-11H3,(H,45,49)/t27-,28+,30-,31-,32+,34-,35+,41?/m0/s1. The quantitative estimate of drug-likeness (QED) is 0.154. The molecule has 1 saturated heterocycles. The average Bonchev–Trinajstić information content (AvgIpc) is 3.87. The lowest BCUT2D eigenvalue weighted by Crippen LogP contribution is -2.69. The van der Waals surface area contributed by atoms with Gasteiger partial charge in [-0.2, -0.15) is 0 Å². The van der Waals surface area contributed by atoms with Gasteiger partial charge in [0.15, 0.2) is 11.3 Å². The highest BCUT2D eigenvalue weighted by Crippen LogP contribution is 2.33. The number of aromatic nitrogens is 1. The highest BCUT2D eigenvalue weighted by atomic mass is 32.1. The highest BCUT2D eigenvalue weighted by Gasteiger charge is 2.53. The molecule has 1 fully saturated rings. The molecule has 54 heavy (non-hydrogen) atoms. The molecule has 2 aromatic rings. The fourth-order valence-electron chi connectivity index (χ4n) is 8.03. The van der Waals surface area contributed by atoms with Crippen LogP contribution >= 0.6 is 11.3 Å². The summed E-state index contributed by atoms with van der Waals surface area (Å²) in [6.07, 6.45) is 3.23. The first-order valence-electron chi connectivity index (χ1n) is 19.3. The van der Waals surface area contributed by atoms with Crippen LogP contribution in [0.25, 0.3) is 0 Å². The number of methoxy groups -OCH3 is 2. The van der Waals surface area contributed by atoms with Crippen molar-refractivity contribution in [1.82, 2.24) is 25.4 Å². The van der Waals surface area contributed by atoms with Crippen molar-refractivity contribution < 1.29 is 28.7 Å². The van der Waals surface area contributed by atoms with Crippen LogP contribution in [0, 0.1) is 23.2 Å². The molecule has 4 N–H and O–H groups in total. The van der Waals surface area contributed by atoms with Gasteiger partial charge in [0.1, 0.15) is 5.01 Å². The van der Waals surface area contributed by atoms with Crippen molar-refractivity contribution in [2.24, 2.45) is 28.9 Å². The van der Waals surface area contributed by atoms with Crippen LogP contribution in [-0.4, -0.2) is 110 Å². The van der Waals surface area contributed by atoms with Gasteiger partial charge in [0, 0.05) is 51.3 Å². The second-order valence-corrected chi connectivity index (χ2v) is 16.9. The molecule has 13 heteroatoms. The second kappa shape index (κ2) is 20.1. The Hall–Kier alpha value is -3.23. The zero-order valence-electron chi connectivity index (χ0n) is 34.4. The van der Waals surface area contributed by atoms with Gasteiger partial charge in [-0.1, -0.05) is 85.2 Å². The van der Waals surface area contributed by atoms with Gasteiger partial charge in [0.25, 0.3) is 5.91 Å².